The molecule has 0 spiro atoms. The molecule has 0 aromatic carbocycles. The number of nitrogens with one attached hydrogen (secondary N) is 2. The Kier molecular flexibility index (Phi) is 5.40. The number of carbonyl (C=O) groups excluding carboxylic acids is 2. The van der Waals surface area contributed by atoms with Crippen LogP contribution in [-0.2, 0) is 11.2 Å². The number of nitrogens with two attached hydrogens (primary N) is 1. The quantitative estimate of drug-likeness (QED) is 0.753. The van der Waals surface area contributed by atoms with Crippen molar-refractivity contribution in [1.29, 1.82) is 0 Å². The number of imide groups is 1. The average Bonchev–Trinajstić information content (AvgIpc) is 2.63. The molecule has 94 valence electrons. The molecular formula is C10H14ClN3O2S. The minimum absolute atomic E-state index is 0.429. The number of rotatable bonds is 5. The Morgan fingerprint density at radius 2 is 2.24 bits per heavy atom. The Bertz CT molecular complexity index is 408. The van der Waals surface area contributed by atoms with Gasteiger partial charge in [0.05, 0.1) is 10.4 Å². The van der Waals surface area contributed by atoms with Crippen molar-refractivity contribution in [3.8, 4) is 0 Å². The summed E-state index contributed by atoms with van der Waals surface area (Å²) < 4.78 is 0.750. The molecule has 1 atom stereocenters. The van der Waals surface area contributed by atoms with Crippen LogP contribution in [0.15, 0.2) is 12.1 Å². The largest absolute Gasteiger partial charge is 0.351 e. The van der Waals surface area contributed by atoms with Crippen molar-refractivity contribution in [2.24, 2.45) is 5.73 Å². The van der Waals surface area contributed by atoms with Gasteiger partial charge < -0.3 is 11.1 Å². The number of primary amides is 1. The highest BCUT2D eigenvalue weighted by molar-refractivity contribution is 7.16. The molecule has 3 amide bonds. The topological polar surface area (TPSA) is 84.2 Å². The third-order valence-electron chi connectivity index (χ3n) is 2.09. The summed E-state index contributed by atoms with van der Waals surface area (Å²) in [5, 5.41) is 5.00. The molecule has 0 radical (unpaired) electrons. The third-order valence-corrected chi connectivity index (χ3v) is 3.38. The first-order valence-electron chi connectivity index (χ1n) is 5.07. The maximum absolute atomic E-state index is 11.3. The second kappa shape index (κ2) is 6.58. The van der Waals surface area contributed by atoms with E-state index in [1.54, 1.807) is 6.92 Å². The summed E-state index contributed by atoms with van der Waals surface area (Å²) in [6.07, 6.45) is 0.783. The summed E-state index contributed by atoms with van der Waals surface area (Å²) in [5.74, 6) is -0.429. The molecule has 0 saturated carbocycles. The van der Waals surface area contributed by atoms with Gasteiger partial charge in [-0.25, -0.2) is 4.79 Å². The summed E-state index contributed by atoms with van der Waals surface area (Å²) in [7, 11) is 0. The average molecular weight is 276 g/mol. The highest BCUT2D eigenvalue weighted by atomic mass is 35.5. The van der Waals surface area contributed by atoms with E-state index in [1.165, 1.54) is 11.3 Å². The lowest BCUT2D eigenvalue weighted by molar-refractivity contribution is -0.121. The van der Waals surface area contributed by atoms with Gasteiger partial charge >= 0.3 is 6.03 Å². The maximum Gasteiger partial charge on any atom is 0.318 e. The van der Waals surface area contributed by atoms with Crippen LogP contribution in [0.1, 0.15) is 11.8 Å². The molecule has 4 N–H and O–H groups in total. The van der Waals surface area contributed by atoms with Crippen LogP contribution in [0.25, 0.3) is 0 Å². The first-order chi connectivity index (χ1) is 7.99. The Hall–Kier alpha value is -1.11. The predicted octanol–water partition coefficient (Wildman–Crippen LogP) is 1.12. The summed E-state index contributed by atoms with van der Waals surface area (Å²) >= 11 is 7.30. The van der Waals surface area contributed by atoms with E-state index in [2.05, 4.69) is 5.32 Å². The molecule has 0 aliphatic rings. The molecule has 7 heteroatoms. The third kappa shape index (κ3) is 5.16. The maximum atomic E-state index is 11.3. The van der Waals surface area contributed by atoms with Crippen LogP contribution >= 0.6 is 22.9 Å². The smallest absolute Gasteiger partial charge is 0.318 e. The second-order valence-electron chi connectivity index (χ2n) is 3.49. The highest BCUT2D eigenvalue weighted by Crippen LogP contribution is 2.21. The van der Waals surface area contributed by atoms with E-state index in [1.807, 2.05) is 17.4 Å². The minimum atomic E-state index is -0.839. The van der Waals surface area contributed by atoms with Crippen molar-refractivity contribution >= 4 is 34.9 Å². The molecule has 1 unspecified atom stereocenters. The monoisotopic (exact) mass is 275 g/mol. The zero-order valence-corrected chi connectivity index (χ0v) is 10.9. The zero-order valence-electron chi connectivity index (χ0n) is 9.33. The second-order valence-corrected chi connectivity index (χ2v) is 5.28. The van der Waals surface area contributed by atoms with Gasteiger partial charge in [-0.3, -0.25) is 10.1 Å². The lowest BCUT2D eigenvalue weighted by atomic mass is 10.3. The Morgan fingerprint density at radius 3 is 2.76 bits per heavy atom. The van der Waals surface area contributed by atoms with Gasteiger partial charge in [-0.2, -0.15) is 0 Å². The lowest BCUT2D eigenvalue weighted by Gasteiger charge is -2.11. The van der Waals surface area contributed by atoms with Gasteiger partial charge in [0.1, 0.15) is 0 Å². The highest BCUT2D eigenvalue weighted by Gasteiger charge is 2.13. The van der Waals surface area contributed by atoms with Gasteiger partial charge in [0, 0.05) is 11.4 Å². The number of halogens is 1. The molecule has 1 rings (SSSR count). The van der Waals surface area contributed by atoms with Crippen LogP contribution in [0, 0.1) is 0 Å². The van der Waals surface area contributed by atoms with Gasteiger partial charge in [-0.15, -0.1) is 11.3 Å². The van der Waals surface area contributed by atoms with E-state index in [0.717, 1.165) is 15.6 Å². The van der Waals surface area contributed by atoms with E-state index in [9.17, 15) is 9.59 Å². The fourth-order valence-electron chi connectivity index (χ4n) is 1.22. The summed E-state index contributed by atoms with van der Waals surface area (Å²) in [4.78, 5) is 22.9. The van der Waals surface area contributed by atoms with Crippen LogP contribution in [0.5, 0.6) is 0 Å². The van der Waals surface area contributed by atoms with E-state index in [4.69, 9.17) is 17.3 Å². The normalized spacial score (nSPS) is 12.1. The number of hydrogen-bond donors (Lipinski definition) is 3. The SMILES string of the molecule is CC(NCCc1ccc(Cl)s1)C(=O)NC(N)=O. The van der Waals surface area contributed by atoms with Gasteiger partial charge in [-0.05, 0) is 25.5 Å². The van der Waals surface area contributed by atoms with Gasteiger partial charge in [-0.1, -0.05) is 11.6 Å². The molecule has 1 aromatic rings. The van der Waals surface area contributed by atoms with Crippen molar-refractivity contribution in [1.82, 2.24) is 10.6 Å². The number of thiophene rings is 1. The van der Waals surface area contributed by atoms with Gasteiger partial charge in [0.25, 0.3) is 0 Å². The van der Waals surface area contributed by atoms with Gasteiger partial charge in [0.2, 0.25) is 5.91 Å². The van der Waals surface area contributed by atoms with Crippen molar-refractivity contribution < 1.29 is 9.59 Å². The fourth-order valence-corrected chi connectivity index (χ4v) is 2.31. The zero-order chi connectivity index (χ0) is 12.8. The Balaban J connectivity index is 2.26. The minimum Gasteiger partial charge on any atom is -0.351 e. The molecule has 1 heterocycles. The van der Waals surface area contributed by atoms with Gasteiger partial charge in [0.15, 0.2) is 0 Å². The number of urea groups is 1. The van der Waals surface area contributed by atoms with Crippen LogP contribution in [0.2, 0.25) is 4.34 Å². The van der Waals surface area contributed by atoms with E-state index in [0.29, 0.717) is 6.54 Å². The van der Waals surface area contributed by atoms with Crippen LogP contribution in [0.3, 0.4) is 0 Å². The standard InChI is InChI=1S/C10H14ClN3O2S/c1-6(9(15)14-10(12)16)13-5-4-7-2-3-8(11)17-7/h2-3,6,13H,4-5H2,1H3,(H3,12,14,15,16). The molecule has 0 fully saturated rings. The number of amides is 3. The van der Waals surface area contributed by atoms with E-state index < -0.39 is 18.0 Å². The van der Waals surface area contributed by atoms with Crippen molar-refractivity contribution in [2.45, 2.75) is 19.4 Å². The number of carbonyl (C=O) groups is 2. The van der Waals surface area contributed by atoms with Crippen LogP contribution < -0.4 is 16.4 Å². The van der Waals surface area contributed by atoms with Crippen molar-refractivity contribution in [2.75, 3.05) is 6.54 Å². The summed E-state index contributed by atoms with van der Waals surface area (Å²) in [6.45, 7) is 2.30. The molecule has 0 aliphatic heterocycles. The number of hydrogen-bond acceptors (Lipinski definition) is 4. The first-order valence-corrected chi connectivity index (χ1v) is 6.26. The molecule has 0 saturated heterocycles. The molecule has 0 bridgehead atoms. The van der Waals surface area contributed by atoms with E-state index in [-0.39, 0.29) is 0 Å². The molecule has 17 heavy (non-hydrogen) atoms. The Morgan fingerprint density at radius 1 is 1.53 bits per heavy atom. The summed E-state index contributed by atoms with van der Waals surface area (Å²) in [5.41, 5.74) is 4.84. The van der Waals surface area contributed by atoms with E-state index >= 15 is 0 Å². The molecule has 5 nitrogen and oxygen atoms in total. The van der Waals surface area contributed by atoms with Crippen LogP contribution in [-0.4, -0.2) is 24.5 Å². The lowest BCUT2D eigenvalue weighted by Crippen LogP contribution is -2.46. The fraction of sp³-hybridized carbons (Fsp3) is 0.400. The first kappa shape index (κ1) is 14.0. The van der Waals surface area contributed by atoms with Crippen molar-refractivity contribution in [3.05, 3.63) is 21.3 Å². The predicted molar refractivity (Wildman–Crippen MR) is 68.2 cm³/mol. The summed E-state index contributed by atoms with van der Waals surface area (Å²) in [6, 6.07) is 2.49. The Labute approximate surface area is 108 Å². The molecular weight excluding hydrogens is 262 g/mol. The van der Waals surface area contributed by atoms with Crippen LogP contribution in [0.4, 0.5) is 4.79 Å². The molecule has 1 aromatic heterocycles. The molecule has 0 aliphatic carbocycles. The van der Waals surface area contributed by atoms with Crippen molar-refractivity contribution in [3.63, 3.8) is 0 Å².